The normalized spacial score (nSPS) is 18.0. The molecule has 7 nitrogen and oxygen atoms in total. The molecular weight excluding hydrogens is 452 g/mol. The number of carbonyl (C=O) groups is 1. The van der Waals surface area contributed by atoms with Gasteiger partial charge in [0.05, 0.1) is 6.10 Å². The first-order chi connectivity index (χ1) is 17.7. The van der Waals surface area contributed by atoms with Crippen LogP contribution >= 0.6 is 0 Å². The van der Waals surface area contributed by atoms with Gasteiger partial charge in [0.1, 0.15) is 5.75 Å². The Hall–Kier alpha value is -3.55. The largest absolute Gasteiger partial charge is 0.483 e. The second kappa shape index (κ2) is 11.9. The van der Waals surface area contributed by atoms with Crippen LogP contribution in [0, 0.1) is 0 Å². The van der Waals surface area contributed by atoms with Gasteiger partial charge in [-0.3, -0.25) is 9.69 Å². The van der Waals surface area contributed by atoms with Crippen LogP contribution in [-0.2, 0) is 16.1 Å². The van der Waals surface area contributed by atoms with Gasteiger partial charge in [0, 0.05) is 56.3 Å². The summed E-state index contributed by atoms with van der Waals surface area (Å²) < 4.78 is 11.6. The van der Waals surface area contributed by atoms with E-state index in [1.54, 1.807) is 12.4 Å². The van der Waals surface area contributed by atoms with E-state index in [0.717, 1.165) is 50.1 Å². The zero-order valence-corrected chi connectivity index (χ0v) is 20.4. The lowest BCUT2D eigenvalue weighted by atomic mass is 9.99. The fourth-order valence-corrected chi connectivity index (χ4v) is 4.67. The number of nitrogens with one attached hydrogen (secondary N) is 1. The number of nitrogens with zero attached hydrogens (tertiary/aromatic N) is 3. The molecule has 1 fully saturated rings. The second-order valence-electron chi connectivity index (χ2n) is 9.20. The Morgan fingerprint density at radius 1 is 1.08 bits per heavy atom. The van der Waals surface area contributed by atoms with E-state index in [-0.39, 0.29) is 18.6 Å². The van der Waals surface area contributed by atoms with E-state index in [0.29, 0.717) is 24.7 Å². The summed E-state index contributed by atoms with van der Waals surface area (Å²) in [6, 6.07) is 18.3. The molecule has 0 radical (unpaired) electrons. The van der Waals surface area contributed by atoms with Gasteiger partial charge < -0.3 is 14.8 Å². The third kappa shape index (κ3) is 6.36. The Balaban J connectivity index is 1.27. The summed E-state index contributed by atoms with van der Waals surface area (Å²) in [5, 5.41) is 2.93. The molecule has 1 aromatic heterocycles. The SMILES string of the molecule is O=C(COc1ccc(-c2ncccn2)cc1CN1CC=C(c2ccccc2)CC1)NC[C@@H]1CCCO1. The van der Waals surface area contributed by atoms with Gasteiger partial charge in [-0.15, -0.1) is 0 Å². The minimum atomic E-state index is -0.139. The molecule has 5 rings (SSSR count). The minimum absolute atomic E-state index is 0.0288. The summed E-state index contributed by atoms with van der Waals surface area (Å²) >= 11 is 0. The lowest BCUT2D eigenvalue weighted by molar-refractivity contribution is -0.123. The van der Waals surface area contributed by atoms with Crippen molar-refractivity contribution >= 4 is 11.5 Å². The van der Waals surface area contributed by atoms with Gasteiger partial charge in [0.2, 0.25) is 0 Å². The highest BCUT2D eigenvalue weighted by Gasteiger charge is 2.18. The summed E-state index contributed by atoms with van der Waals surface area (Å²) in [7, 11) is 0. The van der Waals surface area contributed by atoms with Crippen LogP contribution in [0.25, 0.3) is 17.0 Å². The average Bonchev–Trinajstić information content (AvgIpc) is 3.46. The number of amides is 1. The first-order valence-corrected chi connectivity index (χ1v) is 12.6. The molecule has 0 saturated carbocycles. The number of ether oxygens (including phenoxy) is 2. The van der Waals surface area contributed by atoms with Gasteiger partial charge in [0.25, 0.3) is 5.91 Å². The molecule has 0 unspecified atom stereocenters. The monoisotopic (exact) mass is 484 g/mol. The molecule has 1 saturated heterocycles. The Labute approximate surface area is 212 Å². The van der Waals surface area contributed by atoms with E-state index in [2.05, 4.69) is 56.6 Å². The van der Waals surface area contributed by atoms with Crippen molar-refractivity contribution in [3.05, 3.63) is 84.2 Å². The van der Waals surface area contributed by atoms with Gasteiger partial charge >= 0.3 is 0 Å². The van der Waals surface area contributed by atoms with Gasteiger partial charge in [-0.05, 0) is 54.7 Å². The number of rotatable bonds is 9. The van der Waals surface area contributed by atoms with Crippen molar-refractivity contribution in [2.24, 2.45) is 0 Å². The molecule has 1 N–H and O–H groups in total. The van der Waals surface area contributed by atoms with Crippen LogP contribution < -0.4 is 10.1 Å². The van der Waals surface area contributed by atoms with Crippen molar-refractivity contribution in [1.82, 2.24) is 20.2 Å². The maximum absolute atomic E-state index is 12.4. The predicted molar refractivity (Wildman–Crippen MR) is 139 cm³/mol. The fourth-order valence-electron chi connectivity index (χ4n) is 4.67. The smallest absolute Gasteiger partial charge is 0.258 e. The lowest BCUT2D eigenvalue weighted by Gasteiger charge is -2.27. The first kappa shape index (κ1) is 24.2. The van der Waals surface area contributed by atoms with Gasteiger partial charge in [0.15, 0.2) is 12.4 Å². The van der Waals surface area contributed by atoms with Gasteiger partial charge in [-0.25, -0.2) is 9.97 Å². The van der Waals surface area contributed by atoms with Crippen molar-refractivity contribution in [3.63, 3.8) is 0 Å². The molecule has 1 atom stereocenters. The molecule has 2 aliphatic heterocycles. The number of hydrogen-bond donors (Lipinski definition) is 1. The van der Waals surface area contributed by atoms with Crippen LogP contribution in [0.4, 0.5) is 0 Å². The Kier molecular flexibility index (Phi) is 8.00. The molecular formula is C29H32N4O3. The Bertz CT molecular complexity index is 1180. The van der Waals surface area contributed by atoms with Gasteiger partial charge in [-0.2, -0.15) is 0 Å². The molecule has 0 bridgehead atoms. The van der Waals surface area contributed by atoms with Gasteiger partial charge in [-0.1, -0.05) is 36.4 Å². The summed E-state index contributed by atoms with van der Waals surface area (Å²) in [5.74, 6) is 1.24. The van der Waals surface area contributed by atoms with E-state index >= 15 is 0 Å². The van der Waals surface area contributed by atoms with Crippen molar-refractivity contribution in [1.29, 1.82) is 0 Å². The summed E-state index contributed by atoms with van der Waals surface area (Å²) in [4.78, 5) is 23.6. The summed E-state index contributed by atoms with van der Waals surface area (Å²) in [6.45, 7) is 3.80. The maximum atomic E-state index is 12.4. The predicted octanol–water partition coefficient (Wildman–Crippen LogP) is 4.11. The molecule has 0 spiro atoms. The zero-order valence-electron chi connectivity index (χ0n) is 20.4. The number of carbonyl (C=O) groups excluding carboxylic acids is 1. The topological polar surface area (TPSA) is 76.6 Å². The van der Waals surface area contributed by atoms with E-state index < -0.39 is 0 Å². The van der Waals surface area contributed by atoms with Crippen LogP contribution in [0.2, 0.25) is 0 Å². The third-order valence-electron chi connectivity index (χ3n) is 6.63. The van der Waals surface area contributed by atoms with Crippen LogP contribution in [0.1, 0.15) is 30.4 Å². The van der Waals surface area contributed by atoms with Crippen LogP contribution in [0.15, 0.2) is 73.1 Å². The molecule has 1 amide bonds. The molecule has 0 aliphatic carbocycles. The van der Waals surface area contributed by atoms with Crippen molar-refractivity contribution in [2.75, 3.05) is 32.8 Å². The third-order valence-corrected chi connectivity index (χ3v) is 6.63. The van der Waals surface area contributed by atoms with E-state index in [1.165, 1.54) is 11.1 Å². The minimum Gasteiger partial charge on any atom is -0.483 e. The first-order valence-electron chi connectivity index (χ1n) is 12.6. The Morgan fingerprint density at radius 3 is 2.69 bits per heavy atom. The average molecular weight is 485 g/mol. The number of aromatic nitrogens is 2. The highest BCUT2D eigenvalue weighted by Crippen LogP contribution is 2.28. The van der Waals surface area contributed by atoms with Crippen molar-refractivity contribution in [3.8, 4) is 17.1 Å². The van der Waals surface area contributed by atoms with Crippen molar-refractivity contribution in [2.45, 2.75) is 31.9 Å². The highest BCUT2D eigenvalue weighted by molar-refractivity contribution is 5.77. The summed E-state index contributed by atoms with van der Waals surface area (Å²) in [6.07, 6.45) is 8.94. The van der Waals surface area contributed by atoms with Crippen LogP contribution in [0.5, 0.6) is 5.75 Å². The molecule has 186 valence electrons. The molecule has 3 aromatic rings. The van der Waals surface area contributed by atoms with Crippen LogP contribution in [0.3, 0.4) is 0 Å². The fraction of sp³-hybridized carbons (Fsp3) is 0.345. The summed E-state index contributed by atoms with van der Waals surface area (Å²) in [5.41, 5.74) is 4.62. The molecule has 3 heterocycles. The van der Waals surface area contributed by atoms with E-state index in [9.17, 15) is 4.79 Å². The standard InChI is InChI=1S/C29H32N4O3/c34-28(32-19-26-8-4-17-35-26)21-36-27-10-9-24(29-30-13-5-14-31-29)18-25(27)20-33-15-11-23(12-16-33)22-6-2-1-3-7-22/h1-3,5-7,9-11,13-14,18,26H,4,8,12,15-17,19-21H2,(H,32,34)/t26-/m0/s1. The Morgan fingerprint density at radius 2 is 1.94 bits per heavy atom. The molecule has 36 heavy (non-hydrogen) atoms. The van der Waals surface area contributed by atoms with Crippen LogP contribution in [-0.4, -0.2) is 59.7 Å². The quantitative estimate of drug-likeness (QED) is 0.493. The molecule has 2 aliphatic rings. The van der Waals surface area contributed by atoms with E-state index in [1.807, 2.05) is 24.3 Å². The number of benzene rings is 2. The highest BCUT2D eigenvalue weighted by atomic mass is 16.5. The second-order valence-corrected chi connectivity index (χ2v) is 9.20. The number of hydrogen-bond acceptors (Lipinski definition) is 6. The molecule has 2 aromatic carbocycles. The van der Waals surface area contributed by atoms with Crippen molar-refractivity contribution < 1.29 is 14.3 Å². The van der Waals surface area contributed by atoms with E-state index in [4.69, 9.17) is 9.47 Å². The maximum Gasteiger partial charge on any atom is 0.258 e. The molecule has 7 heteroatoms. The lowest BCUT2D eigenvalue weighted by Crippen LogP contribution is -2.35. The zero-order chi connectivity index (χ0) is 24.6.